The Labute approximate surface area is 104 Å². The zero-order chi connectivity index (χ0) is 13.8. The summed E-state index contributed by atoms with van der Waals surface area (Å²) in [5.41, 5.74) is 10.3. The van der Waals surface area contributed by atoms with E-state index in [0.29, 0.717) is 0 Å². The summed E-state index contributed by atoms with van der Waals surface area (Å²) < 4.78 is 36.2. The molecule has 0 atom stereocenters. The molecular formula is C11H13FN2O3S. The average molecular weight is 272 g/mol. The largest absolute Gasteiger partial charge is 0.366 e. The molecule has 18 heavy (non-hydrogen) atoms. The summed E-state index contributed by atoms with van der Waals surface area (Å²) in [4.78, 5) is 10.9. The number of carbonyl (C=O) groups is 1. The van der Waals surface area contributed by atoms with Crippen molar-refractivity contribution in [2.24, 2.45) is 11.5 Å². The Morgan fingerprint density at radius 2 is 2.06 bits per heavy atom. The maximum absolute atomic E-state index is 12.3. The highest BCUT2D eigenvalue weighted by Crippen LogP contribution is 2.15. The van der Waals surface area contributed by atoms with Gasteiger partial charge in [0, 0.05) is 12.1 Å². The molecule has 1 amide bonds. The molecule has 0 heterocycles. The third kappa shape index (κ3) is 3.38. The van der Waals surface area contributed by atoms with Crippen LogP contribution in [0.3, 0.4) is 0 Å². The van der Waals surface area contributed by atoms with Crippen molar-refractivity contribution in [3.63, 3.8) is 0 Å². The van der Waals surface area contributed by atoms with Crippen LogP contribution in [-0.4, -0.2) is 26.6 Å². The van der Waals surface area contributed by atoms with Crippen molar-refractivity contribution < 1.29 is 17.6 Å². The predicted molar refractivity (Wildman–Crippen MR) is 65.3 cm³/mol. The molecule has 1 aromatic rings. The minimum absolute atomic E-state index is 0.0421. The molecule has 0 aliphatic carbocycles. The van der Waals surface area contributed by atoms with Gasteiger partial charge in [-0.25, -0.2) is 12.8 Å². The van der Waals surface area contributed by atoms with Gasteiger partial charge in [-0.15, -0.1) is 0 Å². The Morgan fingerprint density at radius 3 is 2.56 bits per heavy atom. The fourth-order valence-corrected chi connectivity index (χ4v) is 2.73. The van der Waals surface area contributed by atoms with E-state index in [1.54, 1.807) is 0 Å². The number of halogens is 1. The summed E-state index contributed by atoms with van der Waals surface area (Å²) in [6.45, 7) is -0.189. The van der Waals surface area contributed by atoms with Crippen LogP contribution in [-0.2, 0) is 9.84 Å². The van der Waals surface area contributed by atoms with E-state index in [1.165, 1.54) is 18.2 Å². The molecule has 5 nitrogen and oxygen atoms in total. The van der Waals surface area contributed by atoms with E-state index in [4.69, 9.17) is 11.5 Å². The summed E-state index contributed by atoms with van der Waals surface area (Å²) >= 11 is 0. The van der Waals surface area contributed by atoms with E-state index >= 15 is 0 Å². The maximum Gasteiger partial charge on any atom is 0.248 e. The average Bonchev–Trinajstić information content (AvgIpc) is 2.36. The second-order valence-electron chi connectivity index (χ2n) is 3.62. The smallest absolute Gasteiger partial charge is 0.248 e. The number of nitrogens with two attached hydrogens (primary N) is 2. The van der Waals surface area contributed by atoms with Crippen LogP contribution in [0.2, 0.25) is 0 Å². The molecule has 0 bridgehead atoms. The van der Waals surface area contributed by atoms with Gasteiger partial charge in [-0.05, 0) is 23.8 Å². The molecule has 0 saturated carbocycles. The molecule has 0 fully saturated rings. The van der Waals surface area contributed by atoms with Gasteiger partial charge < -0.3 is 11.5 Å². The lowest BCUT2D eigenvalue weighted by Crippen LogP contribution is -2.16. The van der Waals surface area contributed by atoms with Crippen molar-refractivity contribution in [1.29, 1.82) is 0 Å². The van der Waals surface area contributed by atoms with Crippen molar-refractivity contribution in [1.82, 2.24) is 0 Å². The topological polar surface area (TPSA) is 103 Å². The fourth-order valence-electron chi connectivity index (χ4n) is 1.31. The van der Waals surface area contributed by atoms with E-state index in [0.717, 1.165) is 6.07 Å². The van der Waals surface area contributed by atoms with E-state index in [1.807, 2.05) is 0 Å². The number of rotatable bonds is 5. The van der Waals surface area contributed by atoms with Crippen LogP contribution in [0.4, 0.5) is 4.39 Å². The molecule has 0 aliphatic rings. The van der Waals surface area contributed by atoms with Crippen LogP contribution in [0.15, 0.2) is 41.1 Å². The standard InChI is InChI=1S/C11H13FN2O3S/c12-5-8(6-13)7-18(16,17)10-3-1-2-9(4-10)11(14)15/h1-5H,6-7,13H2,(H2,14,15)/b8-5+. The lowest BCUT2D eigenvalue weighted by atomic mass is 10.2. The normalized spacial score (nSPS) is 12.4. The summed E-state index contributed by atoms with van der Waals surface area (Å²) in [6.07, 6.45) is 0.176. The van der Waals surface area contributed by atoms with Gasteiger partial charge in [0.2, 0.25) is 5.91 Å². The number of benzene rings is 1. The summed E-state index contributed by atoms with van der Waals surface area (Å²) in [5.74, 6) is -1.26. The molecule has 98 valence electrons. The van der Waals surface area contributed by atoms with Crippen LogP contribution >= 0.6 is 0 Å². The second kappa shape index (κ2) is 5.74. The Morgan fingerprint density at radius 1 is 1.39 bits per heavy atom. The lowest BCUT2D eigenvalue weighted by molar-refractivity contribution is 0.1000. The predicted octanol–water partition coefficient (Wildman–Crippen LogP) is 0.371. The third-order valence-electron chi connectivity index (χ3n) is 2.27. The number of hydrogen-bond acceptors (Lipinski definition) is 4. The van der Waals surface area contributed by atoms with Crippen molar-refractivity contribution in [3.05, 3.63) is 41.7 Å². The van der Waals surface area contributed by atoms with Crippen LogP contribution in [0.1, 0.15) is 10.4 Å². The first-order chi connectivity index (χ1) is 8.40. The Bertz CT molecular complexity index is 582. The van der Waals surface area contributed by atoms with Gasteiger partial charge in [0.05, 0.1) is 17.0 Å². The van der Waals surface area contributed by atoms with Gasteiger partial charge in [-0.3, -0.25) is 4.79 Å². The lowest BCUT2D eigenvalue weighted by Gasteiger charge is -2.06. The van der Waals surface area contributed by atoms with Crippen molar-refractivity contribution in [3.8, 4) is 0 Å². The quantitative estimate of drug-likeness (QED) is 0.808. The molecule has 1 aromatic carbocycles. The van der Waals surface area contributed by atoms with E-state index in [2.05, 4.69) is 0 Å². The Kier molecular flexibility index (Phi) is 4.57. The zero-order valence-electron chi connectivity index (χ0n) is 9.47. The van der Waals surface area contributed by atoms with Crippen molar-refractivity contribution >= 4 is 15.7 Å². The van der Waals surface area contributed by atoms with Crippen LogP contribution < -0.4 is 11.5 Å². The van der Waals surface area contributed by atoms with E-state index in [-0.39, 0.29) is 28.9 Å². The van der Waals surface area contributed by atoms with Crippen LogP contribution in [0, 0.1) is 0 Å². The molecule has 0 radical (unpaired) electrons. The second-order valence-corrected chi connectivity index (χ2v) is 5.61. The first kappa shape index (κ1) is 14.3. The maximum atomic E-state index is 12.3. The van der Waals surface area contributed by atoms with Gasteiger partial charge in [0.25, 0.3) is 0 Å². The minimum Gasteiger partial charge on any atom is -0.366 e. The highest BCUT2D eigenvalue weighted by atomic mass is 32.2. The third-order valence-corrected chi connectivity index (χ3v) is 3.99. The van der Waals surface area contributed by atoms with E-state index < -0.39 is 21.5 Å². The highest BCUT2D eigenvalue weighted by molar-refractivity contribution is 7.91. The Balaban J connectivity index is 3.13. The number of primary amides is 1. The summed E-state index contributed by atoms with van der Waals surface area (Å²) in [5, 5.41) is 0. The molecule has 0 spiro atoms. The van der Waals surface area contributed by atoms with Crippen molar-refractivity contribution in [2.45, 2.75) is 4.90 Å². The van der Waals surface area contributed by atoms with Crippen LogP contribution in [0.25, 0.3) is 0 Å². The highest BCUT2D eigenvalue weighted by Gasteiger charge is 2.17. The van der Waals surface area contributed by atoms with E-state index in [9.17, 15) is 17.6 Å². The van der Waals surface area contributed by atoms with Crippen molar-refractivity contribution in [2.75, 3.05) is 12.3 Å². The summed E-state index contributed by atoms with van der Waals surface area (Å²) in [7, 11) is -3.74. The number of hydrogen-bond donors (Lipinski definition) is 2. The molecule has 0 aromatic heterocycles. The number of sulfone groups is 1. The Hall–Kier alpha value is -1.73. The monoisotopic (exact) mass is 272 g/mol. The molecule has 1 rings (SSSR count). The molecule has 0 unspecified atom stereocenters. The van der Waals surface area contributed by atoms with Crippen LogP contribution in [0.5, 0.6) is 0 Å². The number of amides is 1. The first-order valence-electron chi connectivity index (χ1n) is 5.01. The van der Waals surface area contributed by atoms with Gasteiger partial charge >= 0.3 is 0 Å². The van der Waals surface area contributed by atoms with Gasteiger partial charge in [0.15, 0.2) is 9.84 Å². The number of carbonyl (C=O) groups excluding carboxylic acids is 1. The van der Waals surface area contributed by atoms with Gasteiger partial charge in [-0.2, -0.15) is 0 Å². The van der Waals surface area contributed by atoms with Gasteiger partial charge in [-0.1, -0.05) is 6.07 Å². The molecular weight excluding hydrogens is 259 g/mol. The molecule has 0 aliphatic heterocycles. The zero-order valence-corrected chi connectivity index (χ0v) is 10.3. The first-order valence-corrected chi connectivity index (χ1v) is 6.66. The fraction of sp³-hybridized carbons (Fsp3) is 0.182. The SMILES string of the molecule is NC/C(=C\F)CS(=O)(=O)c1cccc(C(N)=O)c1. The summed E-state index contributed by atoms with van der Waals surface area (Å²) in [6, 6.07) is 5.27. The minimum atomic E-state index is -3.74. The molecule has 4 N–H and O–H groups in total. The van der Waals surface area contributed by atoms with Gasteiger partial charge in [0.1, 0.15) is 0 Å². The molecule has 0 saturated heterocycles. The molecule has 7 heteroatoms.